The molecule has 19 heavy (non-hydrogen) atoms. The zero-order chi connectivity index (χ0) is 13.7. The van der Waals surface area contributed by atoms with Gasteiger partial charge in [0.05, 0.1) is 12.7 Å². The number of para-hydroxylation sites is 1. The molecule has 0 aliphatic rings. The van der Waals surface area contributed by atoms with E-state index in [1.807, 2.05) is 19.1 Å². The largest absolute Gasteiger partial charge is 0.496 e. The van der Waals surface area contributed by atoms with E-state index in [1.54, 1.807) is 25.4 Å². The van der Waals surface area contributed by atoms with Crippen LogP contribution < -0.4 is 10.1 Å². The van der Waals surface area contributed by atoms with Crippen LogP contribution in [-0.2, 0) is 6.42 Å². The number of ether oxygens (including phenoxy) is 1. The number of carbonyl (C=O) groups is 1. The Morgan fingerprint density at radius 2 is 2.21 bits per heavy atom. The van der Waals surface area contributed by atoms with Crippen LogP contribution in [0, 0.1) is 6.92 Å². The van der Waals surface area contributed by atoms with E-state index in [2.05, 4.69) is 15.3 Å². The predicted octanol–water partition coefficient (Wildman–Crippen LogP) is 1.70. The molecule has 0 atom stereocenters. The van der Waals surface area contributed by atoms with Crippen molar-refractivity contribution >= 4 is 5.91 Å². The third-order valence-electron chi connectivity index (χ3n) is 2.79. The monoisotopic (exact) mass is 259 g/mol. The smallest absolute Gasteiger partial charge is 0.255 e. The van der Waals surface area contributed by atoms with Gasteiger partial charge in [0.2, 0.25) is 0 Å². The summed E-state index contributed by atoms with van der Waals surface area (Å²) in [7, 11) is 1.56. The summed E-state index contributed by atoms with van der Waals surface area (Å²) in [6, 6.07) is 7.17. The Morgan fingerprint density at radius 1 is 1.42 bits per heavy atom. The minimum absolute atomic E-state index is 0.131. The first-order valence-corrected chi connectivity index (χ1v) is 6.12. The molecule has 1 aromatic carbocycles. The van der Waals surface area contributed by atoms with Crippen molar-refractivity contribution < 1.29 is 9.53 Å². The zero-order valence-corrected chi connectivity index (χ0v) is 11.1. The van der Waals surface area contributed by atoms with Gasteiger partial charge in [-0.3, -0.25) is 4.79 Å². The van der Waals surface area contributed by atoms with Gasteiger partial charge in [-0.05, 0) is 19.1 Å². The molecule has 1 aromatic heterocycles. The Kier molecular flexibility index (Phi) is 4.18. The second kappa shape index (κ2) is 6.04. The highest BCUT2D eigenvalue weighted by Crippen LogP contribution is 2.16. The lowest BCUT2D eigenvalue weighted by Crippen LogP contribution is -2.26. The van der Waals surface area contributed by atoms with Crippen LogP contribution in [0.15, 0.2) is 30.5 Å². The van der Waals surface area contributed by atoms with E-state index in [-0.39, 0.29) is 5.91 Å². The van der Waals surface area contributed by atoms with Gasteiger partial charge >= 0.3 is 0 Å². The summed E-state index contributed by atoms with van der Waals surface area (Å²) >= 11 is 0. The van der Waals surface area contributed by atoms with Crippen LogP contribution in [0.1, 0.15) is 21.9 Å². The number of imidazole rings is 1. The number of rotatable bonds is 5. The summed E-state index contributed by atoms with van der Waals surface area (Å²) in [5.41, 5.74) is 1.56. The maximum Gasteiger partial charge on any atom is 0.255 e. The van der Waals surface area contributed by atoms with Crippen molar-refractivity contribution in [3.05, 3.63) is 47.5 Å². The van der Waals surface area contributed by atoms with Crippen LogP contribution in [0.2, 0.25) is 0 Å². The fourth-order valence-corrected chi connectivity index (χ4v) is 1.84. The summed E-state index contributed by atoms with van der Waals surface area (Å²) in [5.74, 6) is 1.33. The molecule has 0 saturated carbocycles. The molecule has 0 aliphatic heterocycles. The molecule has 1 heterocycles. The fourth-order valence-electron chi connectivity index (χ4n) is 1.84. The Bertz CT molecular complexity index is 563. The summed E-state index contributed by atoms with van der Waals surface area (Å²) in [6.45, 7) is 2.45. The van der Waals surface area contributed by atoms with Gasteiger partial charge in [0.1, 0.15) is 11.6 Å². The van der Waals surface area contributed by atoms with Crippen molar-refractivity contribution in [3.63, 3.8) is 0 Å². The van der Waals surface area contributed by atoms with Gasteiger partial charge < -0.3 is 15.0 Å². The van der Waals surface area contributed by atoms with Crippen molar-refractivity contribution in [1.29, 1.82) is 0 Å². The summed E-state index contributed by atoms with van der Waals surface area (Å²) in [6.07, 6.45) is 2.51. The normalized spacial score (nSPS) is 10.2. The molecule has 0 radical (unpaired) electrons. The van der Waals surface area contributed by atoms with Crippen molar-refractivity contribution in [1.82, 2.24) is 15.3 Å². The first kappa shape index (κ1) is 13.1. The molecular formula is C14H17N3O2. The highest BCUT2D eigenvalue weighted by Gasteiger charge is 2.10. The highest BCUT2D eigenvalue weighted by molar-refractivity contribution is 5.96. The summed E-state index contributed by atoms with van der Waals surface area (Å²) in [5, 5.41) is 2.86. The molecule has 0 aliphatic carbocycles. The molecule has 2 rings (SSSR count). The molecule has 5 heteroatoms. The van der Waals surface area contributed by atoms with E-state index in [0.717, 1.165) is 17.9 Å². The van der Waals surface area contributed by atoms with Crippen LogP contribution in [0.3, 0.4) is 0 Å². The highest BCUT2D eigenvalue weighted by atomic mass is 16.5. The van der Waals surface area contributed by atoms with Crippen LogP contribution in [-0.4, -0.2) is 29.5 Å². The Hall–Kier alpha value is -2.30. The number of hydrogen-bond acceptors (Lipinski definition) is 3. The van der Waals surface area contributed by atoms with Gasteiger partial charge in [-0.2, -0.15) is 0 Å². The lowest BCUT2D eigenvalue weighted by Gasteiger charge is -2.08. The van der Waals surface area contributed by atoms with Gasteiger partial charge in [-0.15, -0.1) is 0 Å². The number of benzene rings is 1. The third kappa shape index (κ3) is 3.34. The van der Waals surface area contributed by atoms with Gasteiger partial charge in [-0.1, -0.05) is 12.1 Å². The SMILES string of the molecule is COc1ccccc1C(=O)NCCc1cnc(C)[nH]1. The average molecular weight is 259 g/mol. The molecule has 100 valence electrons. The second-order valence-electron chi connectivity index (χ2n) is 4.20. The van der Waals surface area contributed by atoms with Crippen LogP contribution in [0.25, 0.3) is 0 Å². The van der Waals surface area contributed by atoms with Crippen molar-refractivity contribution in [3.8, 4) is 5.75 Å². The molecule has 5 nitrogen and oxygen atoms in total. The number of carbonyl (C=O) groups excluding carboxylic acids is 1. The number of aryl methyl sites for hydroxylation is 1. The number of aromatic nitrogens is 2. The number of hydrogen-bond donors (Lipinski definition) is 2. The molecule has 0 saturated heterocycles. The Balaban J connectivity index is 1.90. The van der Waals surface area contributed by atoms with Gasteiger partial charge in [0, 0.05) is 24.9 Å². The number of aromatic amines is 1. The van der Waals surface area contributed by atoms with Gasteiger partial charge in [0.15, 0.2) is 0 Å². The number of nitrogens with zero attached hydrogens (tertiary/aromatic N) is 1. The number of amides is 1. The Labute approximate surface area is 112 Å². The minimum Gasteiger partial charge on any atom is -0.496 e. The summed E-state index contributed by atoms with van der Waals surface area (Å²) in [4.78, 5) is 19.2. The lowest BCUT2D eigenvalue weighted by atomic mass is 10.2. The van der Waals surface area contributed by atoms with Gasteiger partial charge in [0.25, 0.3) is 5.91 Å². The predicted molar refractivity (Wildman–Crippen MR) is 72.4 cm³/mol. The van der Waals surface area contributed by atoms with Crippen LogP contribution in [0.5, 0.6) is 5.75 Å². The standard InChI is InChI=1S/C14H17N3O2/c1-10-16-9-11(17-10)7-8-15-14(18)12-5-3-4-6-13(12)19-2/h3-6,9H,7-8H2,1-2H3,(H,15,18)(H,16,17). The van der Waals surface area contributed by atoms with E-state index in [4.69, 9.17) is 4.74 Å². The average Bonchev–Trinajstić information content (AvgIpc) is 2.84. The summed E-state index contributed by atoms with van der Waals surface area (Å²) < 4.78 is 5.16. The molecule has 1 amide bonds. The first-order valence-electron chi connectivity index (χ1n) is 6.12. The lowest BCUT2D eigenvalue weighted by molar-refractivity contribution is 0.0951. The minimum atomic E-state index is -0.131. The number of H-pyrrole nitrogens is 1. The van der Waals surface area contributed by atoms with Crippen molar-refractivity contribution in [2.24, 2.45) is 0 Å². The van der Waals surface area contributed by atoms with E-state index in [1.165, 1.54) is 0 Å². The number of nitrogens with one attached hydrogen (secondary N) is 2. The molecule has 0 bridgehead atoms. The maximum atomic E-state index is 12.0. The first-order chi connectivity index (χ1) is 9.20. The number of methoxy groups -OCH3 is 1. The van der Waals surface area contributed by atoms with E-state index >= 15 is 0 Å². The Morgan fingerprint density at radius 3 is 2.89 bits per heavy atom. The molecule has 0 fully saturated rings. The molecule has 0 spiro atoms. The fraction of sp³-hybridized carbons (Fsp3) is 0.286. The molecule has 2 aromatic rings. The van der Waals surface area contributed by atoms with Crippen LogP contribution in [0.4, 0.5) is 0 Å². The second-order valence-corrected chi connectivity index (χ2v) is 4.20. The quantitative estimate of drug-likeness (QED) is 0.858. The maximum absolute atomic E-state index is 12.0. The zero-order valence-electron chi connectivity index (χ0n) is 11.1. The third-order valence-corrected chi connectivity index (χ3v) is 2.79. The van der Waals surface area contributed by atoms with E-state index in [9.17, 15) is 4.79 Å². The topological polar surface area (TPSA) is 67.0 Å². The van der Waals surface area contributed by atoms with Crippen LogP contribution >= 0.6 is 0 Å². The van der Waals surface area contributed by atoms with Crippen molar-refractivity contribution in [2.75, 3.05) is 13.7 Å². The van der Waals surface area contributed by atoms with E-state index < -0.39 is 0 Å². The van der Waals surface area contributed by atoms with Gasteiger partial charge in [-0.25, -0.2) is 4.98 Å². The van der Waals surface area contributed by atoms with E-state index in [0.29, 0.717) is 17.9 Å². The molecule has 0 unspecified atom stereocenters. The molecule has 2 N–H and O–H groups in total. The van der Waals surface area contributed by atoms with Crippen molar-refractivity contribution in [2.45, 2.75) is 13.3 Å². The molecular weight excluding hydrogens is 242 g/mol.